The summed E-state index contributed by atoms with van der Waals surface area (Å²) < 4.78 is 0. The van der Waals surface area contributed by atoms with Gasteiger partial charge in [0, 0.05) is 30.7 Å². The molecule has 0 aromatic heterocycles. The first-order chi connectivity index (χ1) is 5.98. The summed E-state index contributed by atoms with van der Waals surface area (Å²) in [5.74, 6) is 0. The smallest absolute Gasteiger partial charge is 0.0229 e. The van der Waals surface area contributed by atoms with Crippen LogP contribution >= 0.6 is 0 Å². The third-order valence-electron chi connectivity index (χ3n) is 3.67. The maximum Gasteiger partial charge on any atom is 0.0229 e. The van der Waals surface area contributed by atoms with Gasteiger partial charge in [-0.25, -0.2) is 0 Å². The second kappa shape index (κ2) is 2.96. The van der Waals surface area contributed by atoms with Crippen LogP contribution in [-0.4, -0.2) is 47.6 Å². The normalized spacial score (nSPS) is 36.9. The third kappa shape index (κ3) is 1.62. The maximum atomic E-state index is 2.70. The van der Waals surface area contributed by atoms with Crippen molar-refractivity contribution in [1.29, 1.82) is 0 Å². The summed E-state index contributed by atoms with van der Waals surface area (Å²) in [5.41, 5.74) is 0.366. The molecule has 2 unspecified atom stereocenters. The van der Waals surface area contributed by atoms with Crippen LogP contribution in [0.3, 0.4) is 0 Å². The molecule has 0 aromatic carbocycles. The molecule has 3 heterocycles. The van der Waals surface area contributed by atoms with E-state index >= 15 is 0 Å². The highest BCUT2D eigenvalue weighted by Gasteiger charge is 2.41. The lowest BCUT2D eigenvalue weighted by Crippen LogP contribution is -2.65. The molecule has 2 bridgehead atoms. The van der Waals surface area contributed by atoms with Gasteiger partial charge in [-0.15, -0.1) is 0 Å². The van der Waals surface area contributed by atoms with Crippen molar-refractivity contribution < 1.29 is 0 Å². The van der Waals surface area contributed by atoms with Crippen molar-refractivity contribution in [2.45, 2.75) is 51.2 Å². The highest BCUT2D eigenvalue weighted by molar-refractivity contribution is 4.97. The molecule has 3 aliphatic rings. The van der Waals surface area contributed by atoms with E-state index in [4.69, 9.17) is 0 Å². The van der Waals surface area contributed by atoms with E-state index in [1.807, 2.05) is 0 Å². The number of likely N-dealkylation sites (N-methyl/N-ethyl adjacent to an activating group) is 1. The van der Waals surface area contributed by atoms with Crippen molar-refractivity contribution in [3.05, 3.63) is 0 Å². The lowest BCUT2D eigenvalue weighted by molar-refractivity contribution is -0.0531. The number of hydrogen-bond donors (Lipinski definition) is 0. The molecule has 13 heavy (non-hydrogen) atoms. The van der Waals surface area contributed by atoms with E-state index in [0.29, 0.717) is 5.54 Å². The average molecular weight is 182 g/mol. The number of rotatable bonds is 0. The van der Waals surface area contributed by atoms with Crippen LogP contribution in [0.15, 0.2) is 0 Å². The van der Waals surface area contributed by atoms with Crippen LogP contribution < -0.4 is 0 Å². The lowest BCUT2D eigenvalue weighted by atomic mass is 9.87. The van der Waals surface area contributed by atoms with Gasteiger partial charge in [-0.2, -0.15) is 0 Å². The minimum absolute atomic E-state index is 0.366. The number of fused-ring (bicyclic) bond motifs is 3. The van der Waals surface area contributed by atoms with E-state index in [9.17, 15) is 0 Å². The Kier molecular flexibility index (Phi) is 2.16. The summed E-state index contributed by atoms with van der Waals surface area (Å²) in [7, 11) is 2.27. The summed E-state index contributed by atoms with van der Waals surface area (Å²) in [6, 6.07) is 1.64. The van der Waals surface area contributed by atoms with E-state index in [1.165, 1.54) is 25.9 Å². The van der Waals surface area contributed by atoms with Crippen molar-refractivity contribution in [2.24, 2.45) is 0 Å². The lowest BCUT2D eigenvalue weighted by Gasteiger charge is -2.55. The van der Waals surface area contributed by atoms with Gasteiger partial charge in [-0.05, 0) is 40.7 Å². The van der Waals surface area contributed by atoms with Crippen molar-refractivity contribution in [3.8, 4) is 0 Å². The quantitative estimate of drug-likeness (QED) is 0.561. The van der Waals surface area contributed by atoms with Gasteiger partial charge in [0.25, 0.3) is 0 Å². The van der Waals surface area contributed by atoms with E-state index in [0.717, 1.165) is 12.1 Å². The molecule has 0 saturated carbocycles. The van der Waals surface area contributed by atoms with Crippen LogP contribution in [0.1, 0.15) is 33.6 Å². The number of hydrogen-bond acceptors (Lipinski definition) is 2. The van der Waals surface area contributed by atoms with Gasteiger partial charge in [-0.3, -0.25) is 4.90 Å². The molecule has 0 spiro atoms. The van der Waals surface area contributed by atoms with Gasteiger partial charge < -0.3 is 4.90 Å². The molecule has 2 nitrogen and oxygen atoms in total. The van der Waals surface area contributed by atoms with Crippen LogP contribution in [0.5, 0.6) is 0 Å². The largest absolute Gasteiger partial charge is 0.301 e. The topological polar surface area (TPSA) is 6.48 Å². The van der Waals surface area contributed by atoms with E-state index < -0.39 is 0 Å². The molecule has 0 radical (unpaired) electrons. The molecule has 3 fully saturated rings. The molecule has 2 heteroatoms. The zero-order valence-electron chi connectivity index (χ0n) is 9.38. The van der Waals surface area contributed by atoms with Crippen molar-refractivity contribution in [2.75, 3.05) is 20.1 Å². The van der Waals surface area contributed by atoms with E-state index in [1.54, 1.807) is 0 Å². The molecule has 3 saturated heterocycles. The minimum Gasteiger partial charge on any atom is -0.301 e. The fourth-order valence-electron chi connectivity index (χ4n) is 2.86. The van der Waals surface area contributed by atoms with Gasteiger partial charge in [-0.1, -0.05) is 0 Å². The molecule has 0 amide bonds. The molecular weight excluding hydrogens is 160 g/mol. The van der Waals surface area contributed by atoms with Crippen molar-refractivity contribution >= 4 is 0 Å². The Bertz CT molecular complexity index is 195. The van der Waals surface area contributed by atoms with Crippen LogP contribution in [0.25, 0.3) is 0 Å². The highest BCUT2D eigenvalue weighted by atomic mass is 15.3. The summed E-state index contributed by atoms with van der Waals surface area (Å²) in [6.45, 7) is 9.59. The molecule has 0 aliphatic carbocycles. The van der Waals surface area contributed by atoms with Crippen molar-refractivity contribution in [1.82, 2.24) is 9.80 Å². The standard InChI is InChI=1S/C11H22N2/c1-11(2,3)13-8-9-5-6-10(13)7-12(9)4/h9-10H,5-8H2,1-4H3. The second-order valence-electron chi connectivity index (χ2n) is 5.65. The zero-order valence-corrected chi connectivity index (χ0v) is 9.38. The Morgan fingerprint density at radius 1 is 1.00 bits per heavy atom. The van der Waals surface area contributed by atoms with E-state index in [-0.39, 0.29) is 0 Å². The monoisotopic (exact) mass is 182 g/mol. The number of piperidine rings is 2. The first-order valence-electron chi connectivity index (χ1n) is 5.45. The second-order valence-corrected chi connectivity index (χ2v) is 5.65. The molecular formula is C11H22N2. The molecule has 3 aliphatic heterocycles. The first-order valence-corrected chi connectivity index (χ1v) is 5.45. The fourth-order valence-corrected chi connectivity index (χ4v) is 2.86. The SMILES string of the molecule is CN1CC2CCC1CN2C(C)(C)C. The summed E-state index contributed by atoms with van der Waals surface area (Å²) in [5, 5.41) is 0. The average Bonchev–Trinajstić information content (AvgIpc) is 2.03. The van der Waals surface area contributed by atoms with Gasteiger partial charge in [0.15, 0.2) is 0 Å². The molecule has 76 valence electrons. The van der Waals surface area contributed by atoms with Gasteiger partial charge >= 0.3 is 0 Å². The van der Waals surface area contributed by atoms with Crippen LogP contribution in [-0.2, 0) is 0 Å². The van der Waals surface area contributed by atoms with Crippen LogP contribution in [0.2, 0.25) is 0 Å². The predicted molar refractivity (Wildman–Crippen MR) is 55.9 cm³/mol. The Labute approximate surface area is 81.9 Å². The summed E-state index contributed by atoms with van der Waals surface area (Å²) in [4.78, 5) is 5.23. The van der Waals surface area contributed by atoms with E-state index in [2.05, 4.69) is 37.6 Å². The van der Waals surface area contributed by atoms with Crippen LogP contribution in [0, 0.1) is 0 Å². The number of nitrogens with zero attached hydrogens (tertiary/aromatic N) is 2. The third-order valence-corrected chi connectivity index (χ3v) is 3.67. The van der Waals surface area contributed by atoms with Gasteiger partial charge in [0.2, 0.25) is 0 Å². The Balaban J connectivity index is 2.11. The van der Waals surface area contributed by atoms with Gasteiger partial charge in [0.1, 0.15) is 0 Å². The molecule has 0 N–H and O–H groups in total. The Morgan fingerprint density at radius 2 is 1.62 bits per heavy atom. The van der Waals surface area contributed by atoms with Gasteiger partial charge in [0.05, 0.1) is 0 Å². The minimum atomic E-state index is 0.366. The Morgan fingerprint density at radius 3 is 2.00 bits per heavy atom. The van der Waals surface area contributed by atoms with Crippen LogP contribution in [0.4, 0.5) is 0 Å². The highest BCUT2D eigenvalue weighted by Crippen LogP contribution is 2.32. The predicted octanol–water partition coefficient (Wildman–Crippen LogP) is 1.56. The summed E-state index contributed by atoms with van der Waals surface area (Å²) >= 11 is 0. The van der Waals surface area contributed by atoms with Crippen molar-refractivity contribution in [3.63, 3.8) is 0 Å². The fraction of sp³-hybridized carbons (Fsp3) is 1.00. The zero-order chi connectivity index (χ0) is 9.64. The Hall–Kier alpha value is -0.0800. The molecule has 0 aromatic rings. The number of piperazine rings is 1. The summed E-state index contributed by atoms with van der Waals surface area (Å²) in [6.07, 6.45) is 2.82. The molecule has 3 rings (SSSR count). The maximum absolute atomic E-state index is 2.70. The first kappa shape index (κ1) is 9.47. The molecule has 2 atom stereocenters.